The van der Waals surface area contributed by atoms with Gasteiger partial charge in [0.25, 0.3) is 0 Å². The summed E-state index contributed by atoms with van der Waals surface area (Å²) >= 11 is 7.09. The second kappa shape index (κ2) is 10.8. The Hall–Kier alpha value is -3.23. The van der Waals surface area contributed by atoms with E-state index in [0.717, 1.165) is 17.3 Å². The van der Waals surface area contributed by atoms with Crippen LogP contribution in [-0.4, -0.2) is 33.7 Å². The highest BCUT2D eigenvalue weighted by atomic mass is 35.5. The Morgan fingerprint density at radius 2 is 1.85 bits per heavy atom. The lowest BCUT2D eigenvalue weighted by Gasteiger charge is -2.32. The molecule has 1 saturated heterocycles. The number of anilines is 1. The maximum absolute atomic E-state index is 14.3. The summed E-state index contributed by atoms with van der Waals surface area (Å²) in [7, 11) is 0. The molecule has 1 aliphatic heterocycles. The van der Waals surface area contributed by atoms with Gasteiger partial charge in [-0.1, -0.05) is 53.7 Å². The van der Waals surface area contributed by atoms with E-state index in [2.05, 4.69) is 10.3 Å². The number of benzene rings is 3. The number of rotatable bonds is 6. The third-order valence-electron chi connectivity index (χ3n) is 5.13. The molecule has 0 unspecified atom stereocenters. The molecule has 2 amide bonds. The van der Waals surface area contributed by atoms with E-state index in [-0.39, 0.29) is 41.5 Å². The summed E-state index contributed by atoms with van der Waals surface area (Å²) in [6.45, 7) is 0.257. The normalized spacial score (nSPS) is 17.1. The zero-order valence-electron chi connectivity index (χ0n) is 17.9. The van der Waals surface area contributed by atoms with Crippen molar-refractivity contribution in [2.75, 3.05) is 11.9 Å². The summed E-state index contributed by atoms with van der Waals surface area (Å²) in [5, 5.41) is 2.72. The Labute approximate surface area is 204 Å². The SMILES string of the molecule is O=C(Nc1cccc(Cl)c1)[C@H]1CC(=O)N(CCc2ccc(F)cc2)C(=Nc2ccccc2F)S1. The molecule has 0 saturated carbocycles. The summed E-state index contributed by atoms with van der Waals surface area (Å²) in [6.07, 6.45) is 0.402. The largest absolute Gasteiger partial charge is 0.325 e. The highest BCUT2D eigenvalue weighted by Gasteiger charge is 2.36. The third kappa shape index (κ3) is 6.01. The molecule has 9 heteroatoms. The van der Waals surface area contributed by atoms with E-state index < -0.39 is 11.1 Å². The Balaban J connectivity index is 1.56. The van der Waals surface area contributed by atoms with E-state index in [0.29, 0.717) is 17.1 Å². The van der Waals surface area contributed by atoms with Crippen molar-refractivity contribution >= 4 is 51.7 Å². The van der Waals surface area contributed by atoms with Crippen LogP contribution in [0.5, 0.6) is 0 Å². The van der Waals surface area contributed by atoms with Gasteiger partial charge < -0.3 is 5.32 Å². The lowest BCUT2D eigenvalue weighted by atomic mass is 10.1. The van der Waals surface area contributed by atoms with Crippen molar-refractivity contribution in [2.45, 2.75) is 18.1 Å². The first kappa shape index (κ1) is 23.9. The quantitative estimate of drug-likeness (QED) is 0.465. The minimum absolute atomic E-state index is 0.0449. The first-order valence-corrected chi connectivity index (χ1v) is 11.8. The molecule has 1 atom stereocenters. The lowest BCUT2D eigenvalue weighted by Crippen LogP contribution is -2.46. The average molecular weight is 500 g/mol. The number of hydrogen-bond acceptors (Lipinski definition) is 4. The van der Waals surface area contributed by atoms with Crippen molar-refractivity contribution in [1.82, 2.24) is 4.90 Å². The Morgan fingerprint density at radius 3 is 2.59 bits per heavy atom. The average Bonchev–Trinajstić information content (AvgIpc) is 2.81. The van der Waals surface area contributed by atoms with E-state index in [1.54, 1.807) is 48.5 Å². The van der Waals surface area contributed by atoms with Gasteiger partial charge in [-0.25, -0.2) is 13.8 Å². The molecule has 1 fully saturated rings. The van der Waals surface area contributed by atoms with Gasteiger partial charge in [-0.05, 0) is 54.4 Å². The van der Waals surface area contributed by atoms with Crippen LogP contribution in [0.25, 0.3) is 0 Å². The number of thioether (sulfide) groups is 1. The molecule has 0 spiro atoms. The molecule has 5 nitrogen and oxygen atoms in total. The second-order valence-electron chi connectivity index (χ2n) is 7.58. The van der Waals surface area contributed by atoms with Crippen LogP contribution in [0.2, 0.25) is 5.02 Å². The molecule has 0 aliphatic carbocycles. The van der Waals surface area contributed by atoms with Crippen LogP contribution >= 0.6 is 23.4 Å². The maximum Gasteiger partial charge on any atom is 0.238 e. The molecule has 174 valence electrons. The smallest absolute Gasteiger partial charge is 0.238 e. The lowest BCUT2D eigenvalue weighted by molar-refractivity contribution is -0.129. The number of halogens is 3. The van der Waals surface area contributed by atoms with Gasteiger partial charge in [0.2, 0.25) is 11.8 Å². The number of amides is 2. The highest BCUT2D eigenvalue weighted by molar-refractivity contribution is 8.15. The van der Waals surface area contributed by atoms with Gasteiger partial charge in [-0.3, -0.25) is 14.5 Å². The van der Waals surface area contributed by atoms with Gasteiger partial charge in [0.15, 0.2) is 5.17 Å². The molecule has 34 heavy (non-hydrogen) atoms. The zero-order chi connectivity index (χ0) is 24.1. The fourth-order valence-corrected chi connectivity index (χ4v) is 4.70. The maximum atomic E-state index is 14.3. The summed E-state index contributed by atoms with van der Waals surface area (Å²) in [5.74, 6) is -1.56. The topological polar surface area (TPSA) is 61.8 Å². The highest BCUT2D eigenvalue weighted by Crippen LogP contribution is 2.31. The van der Waals surface area contributed by atoms with Gasteiger partial charge in [0.05, 0.1) is 0 Å². The van der Waals surface area contributed by atoms with Crippen LogP contribution in [0.4, 0.5) is 20.2 Å². The summed E-state index contributed by atoms with van der Waals surface area (Å²) in [6, 6.07) is 18.7. The number of nitrogens with zero attached hydrogens (tertiary/aromatic N) is 2. The van der Waals surface area contributed by atoms with Gasteiger partial charge in [-0.2, -0.15) is 0 Å². The Kier molecular flexibility index (Phi) is 7.59. The van der Waals surface area contributed by atoms with Crippen molar-refractivity contribution in [3.8, 4) is 0 Å². The molecule has 4 rings (SSSR count). The minimum atomic E-state index is -0.751. The number of para-hydroxylation sites is 1. The van der Waals surface area contributed by atoms with Crippen LogP contribution in [0, 0.1) is 11.6 Å². The Morgan fingerprint density at radius 1 is 1.09 bits per heavy atom. The van der Waals surface area contributed by atoms with Crippen LogP contribution < -0.4 is 5.32 Å². The van der Waals surface area contributed by atoms with Crippen LogP contribution in [0.1, 0.15) is 12.0 Å². The minimum Gasteiger partial charge on any atom is -0.325 e. The van der Waals surface area contributed by atoms with Crippen LogP contribution in [-0.2, 0) is 16.0 Å². The van der Waals surface area contributed by atoms with Gasteiger partial charge >= 0.3 is 0 Å². The molecule has 1 N–H and O–H groups in total. The van der Waals surface area contributed by atoms with E-state index in [1.165, 1.54) is 29.2 Å². The standard InChI is InChI=1S/C25H20ClF2N3O2S/c26-17-4-3-5-19(14-17)29-24(33)22-15-23(32)31(13-12-16-8-10-18(27)11-9-16)25(34-22)30-21-7-2-1-6-20(21)28/h1-11,14,22H,12-13,15H2,(H,29,33)/t22-/m1/s1. The van der Waals surface area contributed by atoms with Crippen molar-refractivity contribution in [2.24, 2.45) is 4.99 Å². The van der Waals surface area contributed by atoms with Gasteiger partial charge in [0.1, 0.15) is 22.6 Å². The van der Waals surface area contributed by atoms with Crippen LogP contribution in [0.15, 0.2) is 77.8 Å². The monoisotopic (exact) mass is 499 g/mol. The molecule has 3 aromatic rings. The number of aliphatic imine (C=N–C) groups is 1. The fraction of sp³-hybridized carbons (Fsp3) is 0.160. The van der Waals surface area contributed by atoms with E-state index >= 15 is 0 Å². The first-order chi connectivity index (χ1) is 16.4. The number of carbonyl (C=O) groups excluding carboxylic acids is 2. The van der Waals surface area contributed by atoms with E-state index in [9.17, 15) is 18.4 Å². The van der Waals surface area contributed by atoms with Crippen LogP contribution in [0.3, 0.4) is 0 Å². The predicted molar refractivity (Wildman–Crippen MR) is 131 cm³/mol. The molecule has 1 aliphatic rings. The van der Waals surface area contributed by atoms with Crippen molar-refractivity contribution in [1.29, 1.82) is 0 Å². The summed E-state index contributed by atoms with van der Waals surface area (Å²) in [5.41, 5.74) is 1.42. The number of nitrogens with one attached hydrogen (secondary N) is 1. The first-order valence-electron chi connectivity index (χ1n) is 10.5. The fourth-order valence-electron chi connectivity index (χ4n) is 3.39. The molecule has 0 bridgehead atoms. The van der Waals surface area contributed by atoms with Crippen molar-refractivity contribution in [3.05, 3.63) is 95.0 Å². The molecular formula is C25H20ClF2N3O2S. The van der Waals surface area contributed by atoms with E-state index in [1.807, 2.05) is 0 Å². The van der Waals surface area contributed by atoms with Crippen molar-refractivity contribution in [3.63, 3.8) is 0 Å². The predicted octanol–water partition coefficient (Wildman–Crippen LogP) is 5.82. The number of amidine groups is 1. The number of carbonyl (C=O) groups is 2. The molecule has 0 aromatic heterocycles. The molecular weight excluding hydrogens is 480 g/mol. The van der Waals surface area contributed by atoms with E-state index in [4.69, 9.17) is 11.6 Å². The zero-order valence-corrected chi connectivity index (χ0v) is 19.5. The third-order valence-corrected chi connectivity index (χ3v) is 6.55. The molecule has 0 radical (unpaired) electrons. The Bertz CT molecular complexity index is 1240. The van der Waals surface area contributed by atoms with Gasteiger partial charge in [-0.15, -0.1) is 0 Å². The molecule has 1 heterocycles. The van der Waals surface area contributed by atoms with Gasteiger partial charge in [0, 0.05) is 23.7 Å². The van der Waals surface area contributed by atoms with Crippen molar-refractivity contribution < 1.29 is 18.4 Å². The second-order valence-corrected chi connectivity index (χ2v) is 9.18. The summed E-state index contributed by atoms with van der Waals surface area (Å²) < 4.78 is 27.5. The number of hydrogen-bond donors (Lipinski definition) is 1. The summed E-state index contributed by atoms with van der Waals surface area (Å²) in [4.78, 5) is 31.8. The molecule has 3 aromatic carbocycles.